The molecule has 0 aliphatic carbocycles. The number of nitrogens with zero attached hydrogens (tertiary/aromatic N) is 1. The van der Waals surface area contributed by atoms with Crippen molar-refractivity contribution in [3.63, 3.8) is 0 Å². The molecule has 0 aliphatic rings. The summed E-state index contributed by atoms with van der Waals surface area (Å²) < 4.78 is 11.3. The highest BCUT2D eigenvalue weighted by Crippen LogP contribution is 2.32. The Hall–Kier alpha value is -3.97. The van der Waals surface area contributed by atoms with Crippen LogP contribution in [0.4, 0.5) is 0 Å². The van der Waals surface area contributed by atoms with Crippen LogP contribution >= 0.6 is 0 Å². The highest BCUT2D eigenvalue weighted by atomic mass is 16.5. The largest absolute Gasteiger partial charge is 0.481 e. The summed E-state index contributed by atoms with van der Waals surface area (Å²) in [5.41, 5.74) is 10.1. The Morgan fingerprint density at radius 2 is 2.00 bits per heavy atom. The zero-order valence-corrected chi connectivity index (χ0v) is 16.8. The number of rotatable bonds is 6. The van der Waals surface area contributed by atoms with Crippen LogP contribution in [-0.2, 0) is 17.8 Å². The van der Waals surface area contributed by atoms with Crippen LogP contribution in [0, 0.1) is 6.92 Å². The number of aliphatic carboxylic acids is 1. The van der Waals surface area contributed by atoms with E-state index in [1.807, 2.05) is 6.07 Å². The van der Waals surface area contributed by atoms with Crippen LogP contribution in [0.5, 0.6) is 5.75 Å². The number of carbonyl (C=O) groups excluding carboxylic acids is 1. The first-order chi connectivity index (χ1) is 15.0. The van der Waals surface area contributed by atoms with Gasteiger partial charge in [-0.25, -0.2) is 4.79 Å². The maximum atomic E-state index is 13.0. The number of esters is 1. The third kappa shape index (κ3) is 4.17. The number of benzene rings is 2. The van der Waals surface area contributed by atoms with Crippen molar-refractivity contribution >= 4 is 22.9 Å². The van der Waals surface area contributed by atoms with Crippen molar-refractivity contribution in [2.75, 3.05) is 0 Å². The van der Waals surface area contributed by atoms with Gasteiger partial charge in [0.05, 0.1) is 18.2 Å². The molecule has 0 atom stereocenters. The molecule has 0 fully saturated rings. The van der Waals surface area contributed by atoms with Gasteiger partial charge in [0.15, 0.2) is 0 Å². The minimum atomic E-state index is -1.00. The summed E-state index contributed by atoms with van der Waals surface area (Å²) in [6, 6.07) is 12.2. The number of para-hydroxylation sites is 1. The lowest BCUT2D eigenvalue weighted by Crippen LogP contribution is -2.12. The minimum Gasteiger partial charge on any atom is -0.481 e. The Kier molecular flexibility index (Phi) is 5.51. The number of fused-ring (bicyclic) bond motifs is 1. The zero-order chi connectivity index (χ0) is 22.0. The molecule has 2 heterocycles. The molecule has 0 amide bonds. The Labute approximate surface area is 178 Å². The second-order valence-corrected chi connectivity index (χ2v) is 7.17. The van der Waals surface area contributed by atoms with Crippen LogP contribution in [0.2, 0.25) is 0 Å². The number of furan rings is 1. The van der Waals surface area contributed by atoms with Crippen LogP contribution < -0.4 is 10.5 Å². The number of carbonyl (C=O) groups is 2. The molecule has 4 rings (SSSR count). The van der Waals surface area contributed by atoms with Gasteiger partial charge < -0.3 is 20.0 Å². The summed E-state index contributed by atoms with van der Waals surface area (Å²) in [6.07, 6.45) is 4.67. The van der Waals surface area contributed by atoms with E-state index in [2.05, 4.69) is 4.98 Å². The third-order valence-corrected chi connectivity index (χ3v) is 4.96. The number of hydrogen-bond acceptors (Lipinski definition) is 6. The first-order valence-electron chi connectivity index (χ1n) is 9.64. The molecule has 0 bridgehead atoms. The molecule has 7 heteroatoms. The molecular weight excluding hydrogens is 396 g/mol. The Balaban J connectivity index is 1.76. The van der Waals surface area contributed by atoms with E-state index < -0.39 is 11.9 Å². The number of aromatic nitrogens is 1. The van der Waals surface area contributed by atoms with Crippen LogP contribution in [0.25, 0.3) is 22.1 Å². The van der Waals surface area contributed by atoms with E-state index in [0.29, 0.717) is 34.4 Å². The van der Waals surface area contributed by atoms with E-state index in [1.54, 1.807) is 62.0 Å². The lowest BCUT2D eigenvalue weighted by atomic mass is 10.0. The van der Waals surface area contributed by atoms with E-state index in [4.69, 9.17) is 20.0 Å². The van der Waals surface area contributed by atoms with Gasteiger partial charge in [-0.3, -0.25) is 9.78 Å². The molecule has 3 N–H and O–H groups in total. The standard InChI is InChI=1S/C24H20N2O5/c1-14-3-2-4-16(10-21(27)28)22(14)31-24(29)18-8-17-5-6-30-23(17)20(9-18)19-7-15(11-25)12-26-13-19/h2-9,12-13H,10-11,25H2,1H3,(H,27,28). The summed E-state index contributed by atoms with van der Waals surface area (Å²) in [7, 11) is 0. The molecule has 7 nitrogen and oxygen atoms in total. The van der Waals surface area contributed by atoms with Crippen LogP contribution in [0.15, 0.2) is 65.5 Å². The van der Waals surface area contributed by atoms with Gasteiger partial charge in [0.1, 0.15) is 11.3 Å². The van der Waals surface area contributed by atoms with E-state index in [9.17, 15) is 9.59 Å². The van der Waals surface area contributed by atoms with E-state index >= 15 is 0 Å². The molecule has 2 aromatic carbocycles. The molecule has 4 aromatic rings. The number of hydrogen-bond donors (Lipinski definition) is 2. The Bertz CT molecular complexity index is 1290. The number of pyridine rings is 1. The van der Waals surface area contributed by atoms with Crippen molar-refractivity contribution in [3.05, 3.63) is 83.4 Å². The second kappa shape index (κ2) is 8.41. The molecule has 0 unspecified atom stereocenters. The van der Waals surface area contributed by atoms with E-state index in [-0.39, 0.29) is 12.2 Å². The molecule has 0 aliphatic heterocycles. The zero-order valence-electron chi connectivity index (χ0n) is 16.8. The van der Waals surface area contributed by atoms with Gasteiger partial charge in [0, 0.05) is 41.0 Å². The third-order valence-electron chi connectivity index (χ3n) is 4.96. The summed E-state index contributed by atoms with van der Waals surface area (Å²) in [5.74, 6) is -1.33. The SMILES string of the molecule is Cc1cccc(CC(=O)O)c1OC(=O)c1cc(-c2cncc(CN)c2)c2occc2c1. The maximum Gasteiger partial charge on any atom is 0.343 e. The second-order valence-electron chi connectivity index (χ2n) is 7.17. The Morgan fingerprint density at radius 1 is 1.16 bits per heavy atom. The molecular formula is C24H20N2O5. The van der Waals surface area contributed by atoms with E-state index in [0.717, 1.165) is 16.5 Å². The quantitative estimate of drug-likeness (QED) is 0.359. The summed E-state index contributed by atoms with van der Waals surface area (Å²) in [4.78, 5) is 28.5. The normalized spacial score (nSPS) is 10.9. The minimum absolute atomic E-state index is 0.242. The summed E-state index contributed by atoms with van der Waals surface area (Å²) in [6.45, 7) is 2.10. The van der Waals surface area contributed by atoms with Gasteiger partial charge in [-0.15, -0.1) is 0 Å². The van der Waals surface area contributed by atoms with Gasteiger partial charge >= 0.3 is 11.9 Å². The monoisotopic (exact) mass is 416 g/mol. The smallest absolute Gasteiger partial charge is 0.343 e. The molecule has 0 saturated heterocycles. The topological polar surface area (TPSA) is 116 Å². The van der Waals surface area contributed by atoms with Crippen molar-refractivity contribution in [1.29, 1.82) is 0 Å². The molecule has 0 spiro atoms. The average Bonchev–Trinajstić information content (AvgIpc) is 3.24. The van der Waals surface area contributed by atoms with E-state index in [1.165, 1.54) is 0 Å². The highest BCUT2D eigenvalue weighted by molar-refractivity contribution is 6.01. The van der Waals surface area contributed by atoms with Crippen molar-refractivity contribution < 1.29 is 23.8 Å². The highest BCUT2D eigenvalue weighted by Gasteiger charge is 2.19. The molecule has 156 valence electrons. The predicted molar refractivity (Wildman–Crippen MR) is 115 cm³/mol. The number of carboxylic acids is 1. The maximum absolute atomic E-state index is 13.0. The molecule has 2 aromatic heterocycles. The van der Waals surface area contributed by atoms with Crippen LogP contribution in [-0.4, -0.2) is 22.0 Å². The average molecular weight is 416 g/mol. The fraction of sp³-hybridized carbons (Fsp3) is 0.125. The fourth-order valence-corrected chi connectivity index (χ4v) is 3.47. The summed E-state index contributed by atoms with van der Waals surface area (Å²) >= 11 is 0. The number of nitrogens with two attached hydrogens (primary N) is 1. The number of carboxylic acid groups (broad SMARTS) is 1. The van der Waals surface area contributed by atoms with Crippen LogP contribution in [0.3, 0.4) is 0 Å². The van der Waals surface area contributed by atoms with Crippen molar-refractivity contribution in [3.8, 4) is 16.9 Å². The lowest BCUT2D eigenvalue weighted by Gasteiger charge is -2.13. The van der Waals surface area contributed by atoms with Crippen molar-refractivity contribution in [2.24, 2.45) is 5.73 Å². The number of aryl methyl sites for hydroxylation is 1. The Morgan fingerprint density at radius 3 is 2.77 bits per heavy atom. The van der Waals surface area contributed by atoms with Gasteiger partial charge in [0.2, 0.25) is 0 Å². The van der Waals surface area contributed by atoms with Gasteiger partial charge in [-0.1, -0.05) is 18.2 Å². The molecule has 0 radical (unpaired) electrons. The fourth-order valence-electron chi connectivity index (χ4n) is 3.47. The first-order valence-corrected chi connectivity index (χ1v) is 9.64. The lowest BCUT2D eigenvalue weighted by molar-refractivity contribution is -0.136. The van der Waals surface area contributed by atoms with Crippen molar-refractivity contribution in [2.45, 2.75) is 19.9 Å². The van der Waals surface area contributed by atoms with Gasteiger partial charge in [-0.05, 0) is 42.3 Å². The van der Waals surface area contributed by atoms with Crippen LogP contribution in [0.1, 0.15) is 27.0 Å². The predicted octanol–water partition coefficient (Wildman–Crippen LogP) is 4.11. The summed E-state index contributed by atoms with van der Waals surface area (Å²) in [5, 5.41) is 9.90. The van der Waals surface area contributed by atoms with Gasteiger partial charge in [0.25, 0.3) is 0 Å². The van der Waals surface area contributed by atoms with Gasteiger partial charge in [-0.2, -0.15) is 0 Å². The number of ether oxygens (including phenoxy) is 1. The van der Waals surface area contributed by atoms with Crippen molar-refractivity contribution in [1.82, 2.24) is 4.98 Å². The molecule has 0 saturated carbocycles. The first kappa shape index (κ1) is 20.3. The molecule has 31 heavy (non-hydrogen) atoms.